The molecule has 18 heavy (non-hydrogen) atoms. The summed E-state index contributed by atoms with van der Waals surface area (Å²) in [6.07, 6.45) is 5.30. The maximum atomic E-state index is 6.07. The van der Waals surface area contributed by atoms with Crippen LogP contribution < -0.4 is 11.1 Å². The average molecular weight is 311 g/mol. The van der Waals surface area contributed by atoms with Gasteiger partial charge in [0.1, 0.15) is 0 Å². The maximum absolute atomic E-state index is 6.07. The summed E-state index contributed by atoms with van der Waals surface area (Å²) in [6.45, 7) is 4.66. The Kier molecular flexibility index (Phi) is 4.55. The van der Waals surface area contributed by atoms with Gasteiger partial charge in [0.05, 0.1) is 11.4 Å². The highest BCUT2D eigenvalue weighted by Gasteiger charge is 2.27. The molecule has 2 nitrogen and oxygen atoms in total. The quantitative estimate of drug-likeness (QED) is 0.797. The molecule has 2 atom stereocenters. The van der Waals surface area contributed by atoms with Gasteiger partial charge in [0.15, 0.2) is 0 Å². The average Bonchev–Trinajstić information content (AvgIpc) is 2.33. The van der Waals surface area contributed by atoms with E-state index in [1.807, 2.05) is 12.1 Å². The third kappa shape index (κ3) is 3.19. The Morgan fingerprint density at radius 3 is 2.67 bits per heavy atom. The smallest absolute Gasteiger partial charge is 0.0576 e. The minimum atomic E-state index is 0.572. The zero-order chi connectivity index (χ0) is 13.1. The zero-order valence-corrected chi connectivity index (χ0v) is 12.8. The summed E-state index contributed by atoms with van der Waals surface area (Å²) in [5.41, 5.74) is 7.98. The first kappa shape index (κ1) is 13.7. The van der Waals surface area contributed by atoms with Gasteiger partial charge in [-0.2, -0.15) is 0 Å². The fourth-order valence-corrected chi connectivity index (χ4v) is 3.38. The van der Waals surface area contributed by atoms with Crippen LogP contribution in [-0.2, 0) is 0 Å². The van der Waals surface area contributed by atoms with Crippen molar-refractivity contribution in [1.82, 2.24) is 0 Å². The van der Waals surface area contributed by atoms with Crippen LogP contribution in [-0.4, -0.2) is 6.04 Å². The Morgan fingerprint density at radius 2 is 2.00 bits per heavy atom. The number of benzene rings is 1. The van der Waals surface area contributed by atoms with Crippen LogP contribution in [0.3, 0.4) is 0 Å². The van der Waals surface area contributed by atoms with Crippen LogP contribution in [0.5, 0.6) is 0 Å². The van der Waals surface area contributed by atoms with Crippen molar-refractivity contribution >= 4 is 27.3 Å². The van der Waals surface area contributed by atoms with Gasteiger partial charge in [0, 0.05) is 10.5 Å². The highest BCUT2D eigenvalue weighted by Crippen LogP contribution is 2.34. The van der Waals surface area contributed by atoms with Gasteiger partial charge < -0.3 is 11.1 Å². The van der Waals surface area contributed by atoms with Crippen molar-refractivity contribution < 1.29 is 0 Å². The molecule has 0 aromatic heterocycles. The largest absolute Gasteiger partial charge is 0.397 e. The predicted octanol–water partition coefficient (Wildman–Crippen LogP) is 4.66. The van der Waals surface area contributed by atoms with Crippen molar-refractivity contribution in [2.75, 3.05) is 11.1 Å². The van der Waals surface area contributed by atoms with E-state index < -0.39 is 0 Å². The molecule has 1 aromatic rings. The normalized spacial score (nSPS) is 24.2. The molecule has 1 aromatic carbocycles. The van der Waals surface area contributed by atoms with E-state index in [4.69, 9.17) is 5.73 Å². The highest BCUT2D eigenvalue weighted by atomic mass is 79.9. The predicted molar refractivity (Wildman–Crippen MR) is 82.8 cm³/mol. The number of nitrogens with two attached hydrogens (primary N) is 1. The lowest BCUT2D eigenvalue weighted by molar-refractivity contribution is 0.254. The number of anilines is 2. The zero-order valence-electron chi connectivity index (χ0n) is 11.2. The van der Waals surface area contributed by atoms with E-state index in [1.54, 1.807) is 0 Å². The van der Waals surface area contributed by atoms with Gasteiger partial charge in [-0.1, -0.05) is 42.6 Å². The van der Waals surface area contributed by atoms with Crippen LogP contribution in [0.15, 0.2) is 22.7 Å². The highest BCUT2D eigenvalue weighted by molar-refractivity contribution is 9.10. The molecule has 3 N–H and O–H groups in total. The fourth-order valence-electron chi connectivity index (χ4n) is 3.00. The van der Waals surface area contributed by atoms with Gasteiger partial charge in [-0.15, -0.1) is 0 Å². The van der Waals surface area contributed by atoms with Crippen LogP contribution in [0.1, 0.15) is 39.5 Å². The second-order valence-corrected chi connectivity index (χ2v) is 6.59. The molecule has 0 aliphatic heterocycles. The first-order valence-electron chi connectivity index (χ1n) is 6.89. The molecule has 1 aliphatic carbocycles. The second kappa shape index (κ2) is 5.96. The first-order valence-corrected chi connectivity index (χ1v) is 7.69. The monoisotopic (exact) mass is 310 g/mol. The molecule has 2 unspecified atom stereocenters. The topological polar surface area (TPSA) is 38.0 Å². The van der Waals surface area contributed by atoms with Crippen molar-refractivity contribution in [3.05, 3.63) is 22.7 Å². The van der Waals surface area contributed by atoms with Crippen molar-refractivity contribution in [3.8, 4) is 0 Å². The summed E-state index contributed by atoms with van der Waals surface area (Å²) in [7, 11) is 0. The lowest BCUT2D eigenvalue weighted by atomic mass is 9.78. The summed E-state index contributed by atoms with van der Waals surface area (Å²) in [5.74, 6) is 1.50. The molecule has 0 bridgehead atoms. The summed E-state index contributed by atoms with van der Waals surface area (Å²) in [5, 5.41) is 3.66. The van der Waals surface area contributed by atoms with Gasteiger partial charge in [0.2, 0.25) is 0 Å². The van der Waals surface area contributed by atoms with Crippen molar-refractivity contribution in [1.29, 1.82) is 0 Å². The van der Waals surface area contributed by atoms with Gasteiger partial charge in [-0.25, -0.2) is 0 Å². The molecule has 100 valence electrons. The van der Waals surface area contributed by atoms with E-state index in [0.717, 1.165) is 27.7 Å². The van der Waals surface area contributed by atoms with E-state index in [0.29, 0.717) is 6.04 Å². The van der Waals surface area contributed by atoms with Crippen LogP contribution in [0.25, 0.3) is 0 Å². The maximum Gasteiger partial charge on any atom is 0.0576 e. The molecule has 1 aliphatic rings. The third-order valence-corrected chi connectivity index (χ3v) is 4.52. The van der Waals surface area contributed by atoms with E-state index in [9.17, 15) is 0 Å². The van der Waals surface area contributed by atoms with Crippen LogP contribution in [0, 0.1) is 11.8 Å². The molecular formula is C15H23BrN2. The van der Waals surface area contributed by atoms with Crippen LogP contribution >= 0.6 is 15.9 Å². The number of hydrogen-bond donors (Lipinski definition) is 2. The lowest BCUT2D eigenvalue weighted by Crippen LogP contribution is -2.35. The molecule has 3 heteroatoms. The summed E-state index contributed by atoms with van der Waals surface area (Å²) in [4.78, 5) is 0. The molecule has 1 fully saturated rings. The summed E-state index contributed by atoms with van der Waals surface area (Å²) < 4.78 is 1.04. The molecule has 1 saturated carbocycles. The first-order chi connectivity index (χ1) is 8.58. The molecular weight excluding hydrogens is 288 g/mol. The molecule has 2 rings (SSSR count). The summed E-state index contributed by atoms with van der Waals surface area (Å²) >= 11 is 3.45. The number of nitrogens with one attached hydrogen (secondary N) is 1. The van der Waals surface area contributed by atoms with Gasteiger partial charge in [-0.05, 0) is 42.9 Å². The van der Waals surface area contributed by atoms with E-state index >= 15 is 0 Å². The third-order valence-electron chi connectivity index (χ3n) is 4.03. The SMILES string of the molecule is CC(C)C1CCCCC1Nc1ccc(Br)cc1N. The van der Waals surface area contributed by atoms with Crippen molar-refractivity contribution in [2.45, 2.75) is 45.6 Å². The number of rotatable bonds is 3. The standard InChI is InChI=1S/C15H23BrN2/c1-10(2)12-5-3-4-6-14(12)18-15-8-7-11(16)9-13(15)17/h7-10,12,14,18H,3-6,17H2,1-2H3. The minimum Gasteiger partial charge on any atom is -0.397 e. The van der Waals surface area contributed by atoms with E-state index in [1.165, 1.54) is 25.7 Å². The van der Waals surface area contributed by atoms with Crippen molar-refractivity contribution in [3.63, 3.8) is 0 Å². The molecule has 0 spiro atoms. The molecule has 0 radical (unpaired) electrons. The Bertz CT molecular complexity index is 403. The van der Waals surface area contributed by atoms with Crippen molar-refractivity contribution in [2.24, 2.45) is 11.8 Å². The number of halogens is 1. The van der Waals surface area contributed by atoms with Gasteiger partial charge in [-0.3, -0.25) is 0 Å². The number of nitrogen functional groups attached to an aromatic ring is 1. The van der Waals surface area contributed by atoms with Crippen LogP contribution in [0.2, 0.25) is 0 Å². The van der Waals surface area contributed by atoms with E-state index in [2.05, 4.69) is 41.2 Å². The Hall–Kier alpha value is -0.700. The summed E-state index contributed by atoms with van der Waals surface area (Å²) in [6, 6.07) is 6.66. The number of hydrogen-bond acceptors (Lipinski definition) is 2. The van der Waals surface area contributed by atoms with Gasteiger partial charge in [0.25, 0.3) is 0 Å². The van der Waals surface area contributed by atoms with Gasteiger partial charge >= 0.3 is 0 Å². The van der Waals surface area contributed by atoms with Crippen LogP contribution in [0.4, 0.5) is 11.4 Å². The molecule has 0 amide bonds. The molecule has 0 saturated heterocycles. The second-order valence-electron chi connectivity index (χ2n) is 5.67. The Labute approximate surface area is 118 Å². The Balaban J connectivity index is 2.11. The van der Waals surface area contributed by atoms with E-state index in [-0.39, 0.29) is 0 Å². The molecule has 0 heterocycles. The fraction of sp³-hybridized carbons (Fsp3) is 0.600. The minimum absolute atomic E-state index is 0.572. The lowest BCUT2D eigenvalue weighted by Gasteiger charge is -2.35. The Morgan fingerprint density at radius 1 is 1.28 bits per heavy atom.